The summed E-state index contributed by atoms with van der Waals surface area (Å²) in [6.45, 7) is 0. The molecule has 7 heteroatoms. The van der Waals surface area contributed by atoms with Crippen molar-refractivity contribution in [2.75, 3.05) is 5.75 Å². The number of aromatic nitrogens is 2. The van der Waals surface area contributed by atoms with E-state index in [-0.39, 0.29) is 17.1 Å². The van der Waals surface area contributed by atoms with Gasteiger partial charge in [0.1, 0.15) is 0 Å². The molecule has 4 rings (SSSR count). The first kappa shape index (κ1) is 19.7. The van der Waals surface area contributed by atoms with Crippen LogP contribution in [0, 0.1) is 0 Å². The number of hydrogen-bond acceptors (Lipinski definition) is 4. The number of halogens is 2. The first-order chi connectivity index (χ1) is 14.0. The Kier molecular flexibility index (Phi) is 5.72. The lowest BCUT2D eigenvalue weighted by atomic mass is 10.2. The minimum atomic E-state index is -0.269. The summed E-state index contributed by atoms with van der Waals surface area (Å²) >= 11 is 13.6. The van der Waals surface area contributed by atoms with Gasteiger partial charge in [0.15, 0.2) is 10.9 Å². The Morgan fingerprint density at radius 3 is 2.45 bits per heavy atom. The van der Waals surface area contributed by atoms with Crippen LogP contribution in [0.5, 0.6) is 0 Å². The molecule has 0 unspecified atom stereocenters. The second-order valence-corrected chi connectivity index (χ2v) is 8.01. The minimum absolute atomic E-state index is 0.0539. The van der Waals surface area contributed by atoms with Crippen LogP contribution in [0.2, 0.25) is 10.0 Å². The molecule has 1 aromatic heterocycles. The third-order valence-electron chi connectivity index (χ3n) is 4.32. The van der Waals surface area contributed by atoms with Gasteiger partial charge in [-0.15, -0.1) is 0 Å². The number of ketones is 1. The first-order valence-corrected chi connectivity index (χ1v) is 10.5. The Bertz CT molecular complexity index is 1270. The highest BCUT2D eigenvalue weighted by atomic mass is 35.5. The summed E-state index contributed by atoms with van der Waals surface area (Å²) in [6.07, 6.45) is 0. The molecule has 0 fully saturated rings. The Labute approximate surface area is 181 Å². The number of nitrogens with zero attached hydrogens (tertiary/aromatic N) is 2. The zero-order chi connectivity index (χ0) is 20.4. The topological polar surface area (TPSA) is 52.0 Å². The molecule has 1 heterocycles. The number of carbonyl (C=O) groups is 1. The molecule has 0 bridgehead atoms. The van der Waals surface area contributed by atoms with E-state index in [1.807, 2.05) is 18.2 Å². The van der Waals surface area contributed by atoms with Gasteiger partial charge < -0.3 is 0 Å². The number of hydrogen-bond donors (Lipinski definition) is 0. The fourth-order valence-electron chi connectivity index (χ4n) is 2.92. The van der Waals surface area contributed by atoms with E-state index in [4.69, 9.17) is 23.2 Å². The van der Waals surface area contributed by atoms with E-state index in [2.05, 4.69) is 4.98 Å². The van der Waals surface area contributed by atoms with Crippen LogP contribution in [0.3, 0.4) is 0 Å². The summed E-state index contributed by atoms with van der Waals surface area (Å²) < 4.78 is 1.45. The zero-order valence-corrected chi connectivity index (χ0v) is 17.3. The van der Waals surface area contributed by atoms with Crippen LogP contribution in [0.15, 0.2) is 82.7 Å². The van der Waals surface area contributed by atoms with Crippen LogP contribution >= 0.6 is 35.0 Å². The maximum absolute atomic E-state index is 13.3. The highest BCUT2D eigenvalue weighted by Crippen LogP contribution is 2.27. The molecule has 4 aromatic rings. The van der Waals surface area contributed by atoms with Gasteiger partial charge in [-0.3, -0.25) is 14.2 Å². The molecule has 3 aromatic carbocycles. The van der Waals surface area contributed by atoms with Gasteiger partial charge in [-0.1, -0.05) is 77.4 Å². The Hall–Kier alpha value is -2.60. The molecule has 144 valence electrons. The summed E-state index contributed by atoms with van der Waals surface area (Å²) in [6, 6.07) is 21.0. The average Bonchev–Trinajstić information content (AvgIpc) is 2.73. The van der Waals surface area contributed by atoms with Crippen LogP contribution < -0.4 is 5.56 Å². The number of rotatable bonds is 5. The molecule has 0 atom stereocenters. The van der Waals surface area contributed by atoms with Gasteiger partial charge in [0.25, 0.3) is 5.56 Å². The standard InChI is InChI=1S/C22H14Cl2N2O2S/c23-15-10-11-16-18(12-15)25-22(29-13-20(27)14-6-2-1-3-7-14)26(21(16)28)19-9-5-4-8-17(19)24/h1-12H,13H2. The monoisotopic (exact) mass is 440 g/mol. The second kappa shape index (κ2) is 8.41. The van der Waals surface area contributed by atoms with Gasteiger partial charge >= 0.3 is 0 Å². The second-order valence-electron chi connectivity index (χ2n) is 6.23. The van der Waals surface area contributed by atoms with Crippen LogP contribution in [-0.4, -0.2) is 21.1 Å². The van der Waals surface area contributed by atoms with Crippen molar-refractivity contribution in [1.82, 2.24) is 9.55 Å². The molecule has 4 nitrogen and oxygen atoms in total. The lowest BCUT2D eigenvalue weighted by molar-refractivity contribution is 0.102. The lowest BCUT2D eigenvalue weighted by Gasteiger charge is -2.14. The van der Waals surface area contributed by atoms with E-state index in [0.717, 1.165) is 0 Å². The summed E-state index contributed by atoms with van der Waals surface area (Å²) in [4.78, 5) is 30.4. The van der Waals surface area contributed by atoms with E-state index >= 15 is 0 Å². The van der Waals surface area contributed by atoms with Crippen molar-refractivity contribution in [3.8, 4) is 5.69 Å². The Morgan fingerprint density at radius 2 is 1.69 bits per heavy atom. The molecule has 0 aliphatic rings. The Balaban J connectivity index is 1.83. The van der Waals surface area contributed by atoms with Crippen molar-refractivity contribution in [3.05, 3.63) is 98.8 Å². The molecule has 0 saturated heterocycles. The van der Waals surface area contributed by atoms with Gasteiger partial charge in [0.2, 0.25) is 0 Å². The highest BCUT2D eigenvalue weighted by Gasteiger charge is 2.17. The van der Waals surface area contributed by atoms with Crippen molar-refractivity contribution in [2.45, 2.75) is 5.16 Å². The fraction of sp³-hybridized carbons (Fsp3) is 0.0455. The molecule has 0 aliphatic carbocycles. The van der Waals surface area contributed by atoms with Crippen molar-refractivity contribution >= 4 is 51.6 Å². The highest BCUT2D eigenvalue weighted by molar-refractivity contribution is 7.99. The predicted octanol–water partition coefficient (Wildman–Crippen LogP) is 5.67. The third kappa shape index (κ3) is 4.08. The van der Waals surface area contributed by atoms with Crippen LogP contribution in [-0.2, 0) is 0 Å². The SMILES string of the molecule is O=C(CSc1nc2cc(Cl)ccc2c(=O)n1-c1ccccc1Cl)c1ccccc1. The largest absolute Gasteiger partial charge is 0.293 e. The predicted molar refractivity (Wildman–Crippen MR) is 119 cm³/mol. The van der Waals surface area contributed by atoms with Gasteiger partial charge in [-0.05, 0) is 30.3 Å². The van der Waals surface area contributed by atoms with E-state index < -0.39 is 0 Å². The summed E-state index contributed by atoms with van der Waals surface area (Å²) in [5.74, 6) is 0.0780. The average molecular weight is 441 g/mol. The maximum atomic E-state index is 13.3. The fourth-order valence-corrected chi connectivity index (χ4v) is 4.21. The molecular weight excluding hydrogens is 427 g/mol. The quantitative estimate of drug-likeness (QED) is 0.228. The third-order valence-corrected chi connectivity index (χ3v) is 5.82. The van der Waals surface area contributed by atoms with E-state index in [1.54, 1.807) is 54.6 Å². The van der Waals surface area contributed by atoms with E-state index in [1.165, 1.54) is 16.3 Å². The van der Waals surface area contributed by atoms with Crippen molar-refractivity contribution in [3.63, 3.8) is 0 Å². The summed E-state index contributed by atoms with van der Waals surface area (Å²) in [5, 5.41) is 1.70. The van der Waals surface area contributed by atoms with Crippen molar-refractivity contribution in [1.29, 1.82) is 0 Å². The van der Waals surface area contributed by atoms with Gasteiger partial charge in [0.05, 0.1) is 27.4 Å². The van der Waals surface area contributed by atoms with Gasteiger partial charge in [-0.2, -0.15) is 0 Å². The van der Waals surface area contributed by atoms with Gasteiger partial charge in [-0.25, -0.2) is 4.98 Å². The number of thioether (sulfide) groups is 1. The normalized spacial score (nSPS) is 11.0. The molecule has 0 N–H and O–H groups in total. The molecule has 0 amide bonds. The zero-order valence-electron chi connectivity index (χ0n) is 15.0. The molecular formula is C22H14Cl2N2O2S. The first-order valence-electron chi connectivity index (χ1n) is 8.73. The van der Waals surface area contributed by atoms with Crippen molar-refractivity contribution in [2.24, 2.45) is 0 Å². The van der Waals surface area contributed by atoms with Crippen molar-refractivity contribution < 1.29 is 4.79 Å². The maximum Gasteiger partial charge on any atom is 0.266 e. The molecule has 29 heavy (non-hydrogen) atoms. The lowest BCUT2D eigenvalue weighted by Crippen LogP contribution is -2.22. The van der Waals surface area contributed by atoms with Crippen LogP contribution in [0.1, 0.15) is 10.4 Å². The van der Waals surface area contributed by atoms with E-state index in [0.29, 0.717) is 37.4 Å². The number of fused-ring (bicyclic) bond motifs is 1. The number of para-hydroxylation sites is 1. The number of Topliss-reactive ketones (excluding diaryl/α,β-unsaturated/α-hetero) is 1. The molecule has 0 saturated carbocycles. The number of benzene rings is 3. The molecule has 0 spiro atoms. The summed E-state index contributed by atoms with van der Waals surface area (Å²) in [7, 11) is 0. The minimum Gasteiger partial charge on any atom is -0.293 e. The summed E-state index contributed by atoms with van der Waals surface area (Å²) in [5.41, 5.74) is 1.32. The van der Waals surface area contributed by atoms with Crippen LogP contribution in [0.4, 0.5) is 0 Å². The molecule has 0 aliphatic heterocycles. The number of carbonyl (C=O) groups excluding carboxylic acids is 1. The van der Waals surface area contributed by atoms with Gasteiger partial charge in [0, 0.05) is 10.6 Å². The Morgan fingerprint density at radius 1 is 0.966 bits per heavy atom. The molecule has 0 radical (unpaired) electrons. The smallest absolute Gasteiger partial charge is 0.266 e. The van der Waals surface area contributed by atoms with Crippen LogP contribution in [0.25, 0.3) is 16.6 Å². The van der Waals surface area contributed by atoms with E-state index in [9.17, 15) is 9.59 Å².